The molecule has 0 heterocycles. The van der Waals surface area contributed by atoms with Gasteiger partial charge in [0, 0.05) is 5.56 Å². The first-order chi connectivity index (χ1) is 8.24. The molecule has 17 heavy (non-hydrogen) atoms. The van der Waals surface area contributed by atoms with Crippen molar-refractivity contribution in [3.05, 3.63) is 35.9 Å². The van der Waals surface area contributed by atoms with Gasteiger partial charge in [0.15, 0.2) is 0 Å². The van der Waals surface area contributed by atoms with E-state index < -0.39 is 0 Å². The van der Waals surface area contributed by atoms with Gasteiger partial charge in [-0.3, -0.25) is 0 Å². The molecule has 1 aliphatic rings. The van der Waals surface area contributed by atoms with Crippen LogP contribution in [0, 0.1) is 5.92 Å². The summed E-state index contributed by atoms with van der Waals surface area (Å²) >= 11 is 0. The molecule has 2 rings (SSSR count). The van der Waals surface area contributed by atoms with Crippen LogP contribution in [0.4, 0.5) is 0 Å². The first-order valence-electron chi connectivity index (χ1n) is 5.72. The average molecular weight is 232 g/mol. The number of benzene rings is 1. The number of carbonyl (C=O) groups is 1. The van der Waals surface area contributed by atoms with E-state index in [2.05, 4.69) is 11.3 Å². The van der Waals surface area contributed by atoms with Crippen molar-refractivity contribution in [2.45, 2.75) is 12.8 Å². The Labute approximate surface area is 101 Å². The Morgan fingerprint density at radius 2 is 2.29 bits per heavy atom. The Kier molecular flexibility index (Phi) is 3.47. The lowest BCUT2D eigenvalue weighted by Crippen LogP contribution is -2.04. The number of methoxy groups -OCH3 is 1. The van der Waals surface area contributed by atoms with Crippen molar-refractivity contribution in [1.82, 2.24) is 0 Å². The van der Waals surface area contributed by atoms with Crippen molar-refractivity contribution in [3.8, 4) is 5.75 Å². The van der Waals surface area contributed by atoms with Crippen molar-refractivity contribution >= 4 is 12.0 Å². The third-order valence-corrected chi connectivity index (χ3v) is 2.83. The molecule has 3 heteroatoms. The van der Waals surface area contributed by atoms with Crippen molar-refractivity contribution in [2.24, 2.45) is 5.92 Å². The van der Waals surface area contributed by atoms with Crippen LogP contribution in [-0.4, -0.2) is 19.7 Å². The lowest BCUT2D eigenvalue weighted by Gasteiger charge is -2.10. The van der Waals surface area contributed by atoms with Crippen molar-refractivity contribution in [1.29, 1.82) is 0 Å². The smallest absolute Gasteiger partial charge is 0.337 e. The maximum Gasteiger partial charge on any atom is 0.337 e. The number of hydrogen-bond donors (Lipinski definition) is 0. The number of hydrogen-bond acceptors (Lipinski definition) is 3. The summed E-state index contributed by atoms with van der Waals surface area (Å²) in [5.41, 5.74) is 1.40. The lowest BCUT2D eigenvalue weighted by molar-refractivity contribution is 0.0600. The molecule has 1 aromatic rings. The van der Waals surface area contributed by atoms with Crippen LogP contribution >= 0.6 is 0 Å². The predicted molar refractivity (Wildman–Crippen MR) is 66.1 cm³/mol. The molecule has 3 nitrogen and oxygen atoms in total. The molecule has 0 spiro atoms. The van der Waals surface area contributed by atoms with Crippen molar-refractivity contribution in [2.75, 3.05) is 13.7 Å². The molecule has 0 unspecified atom stereocenters. The minimum absolute atomic E-state index is 0.350. The summed E-state index contributed by atoms with van der Waals surface area (Å²) in [6, 6.07) is 5.25. The summed E-state index contributed by atoms with van der Waals surface area (Å²) in [6.07, 6.45) is 4.20. The van der Waals surface area contributed by atoms with Crippen molar-refractivity contribution < 1.29 is 14.3 Å². The third-order valence-electron chi connectivity index (χ3n) is 2.83. The van der Waals surface area contributed by atoms with Crippen LogP contribution in [-0.2, 0) is 4.74 Å². The molecule has 90 valence electrons. The quantitative estimate of drug-likeness (QED) is 0.732. The molecular weight excluding hydrogens is 216 g/mol. The van der Waals surface area contributed by atoms with Crippen LogP contribution < -0.4 is 4.74 Å². The summed E-state index contributed by atoms with van der Waals surface area (Å²) in [6.45, 7) is 4.45. The van der Waals surface area contributed by atoms with E-state index >= 15 is 0 Å². The second-order valence-corrected chi connectivity index (χ2v) is 4.20. The maximum atomic E-state index is 11.4. The average Bonchev–Trinajstić information content (AvgIpc) is 3.19. The predicted octanol–water partition coefficient (Wildman–Crippen LogP) is 2.91. The lowest BCUT2D eigenvalue weighted by atomic mass is 10.1. The number of rotatable bonds is 5. The summed E-state index contributed by atoms with van der Waals surface area (Å²) in [4.78, 5) is 11.4. The fraction of sp³-hybridized carbons (Fsp3) is 0.357. The third kappa shape index (κ3) is 2.87. The van der Waals surface area contributed by atoms with Gasteiger partial charge in [0.1, 0.15) is 5.75 Å². The molecule has 0 radical (unpaired) electrons. The van der Waals surface area contributed by atoms with Gasteiger partial charge < -0.3 is 9.47 Å². The molecule has 0 amide bonds. The van der Waals surface area contributed by atoms with Gasteiger partial charge in [-0.2, -0.15) is 0 Å². The standard InChI is InChI=1S/C14H16O3/c1-3-11-6-7-12(14(15)16-2)8-13(11)17-9-10-4-5-10/h3,6-8,10H,1,4-5,9H2,2H3. The van der Waals surface area contributed by atoms with Crippen LogP contribution in [0.3, 0.4) is 0 Å². The van der Waals surface area contributed by atoms with Crippen LogP contribution in [0.2, 0.25) is 0 Å². The van der Waals surface area contributed by atoms with Crippen LogP contribution in [0.25, 0.3) is 6.08 Å². The van der Waals surface area contributed by atoms with Crippen LogP contribution in [0.5, 0.6) is 5.75 Å². The van der Waals surface area contributed by atoms with E-state index in [1.807, 2.05) is 6.07 Å². The van der Waals surface area contributed by atoms with E-state index in [1.165, 1.54) is 20.0 Å². The SMILES string of the molecule is C=Cc1ccc(C(=O)OC)cc1OCC1CC1. The Balaban J connectivity index is 2.18. The normalized spacial score (nSPS) is 14.2. The first kappa shape index (κ1) is 11.7. The highest BCUT2D eigenvalue weighted by atomic mass is 16.5. The zero-order valence-corrected chi connectivity index (χ0v) is 9.94. The molecular formula is C14H16O3. The summed E-state index contributed by atoms with van der Waals surface area (Å²) < 4.78 is 10.4. The zero-order valence-electron chi connectivity index (χ0n) is 9.94. The fourth-order valence-electron chi connectivity index (χ4n) is 1.56. The van der Waals surface area contributed by atoms with Gasteiger partial charge in [-0.05, 0) is 30.9 Å². The monoisotopic (exact) mass is 232 g/mol. The summed E-state index contributed by atoms with van der Waals surface area (Å²) in [5.74, 6) is 1.03. The van der Waals surface area contributed by atoms with Crippen LogP contribution in [0.1, 0.15) is 28.8 Å². The molecule has 0 atom stereocenters. The maximum absolute atomic E-state index is 11.4. The van der Waals surface area contributed by atoms with Gasteiger partial charge >= 0.3 is 5.97 Å². The topological polar surface area (TPSA) is 35.5 Å². The van der Waals surface area contributed by atoms with Crippen molar-refractivity contribution in [3.63, 3.8) is 0 Å². The fourth-order valence-corrected chi connectivity index (χ4v) is 1.56. The highest BCUT2D eigenvalue weighted by Gasteiger charge is 2.22. The number of ether oxygens (including phenoxy) is 2. The van der Waals surface area contributed by atoms with E-state index in [4.69, 9.17) is 4.74 Å². The van der Waals surface area contributed by atoms with Gasteiger partial charge in [0.05, 0.1) is 19.3 Å². The molecule has 1 aromatic carbocycles. The highest BCUT2D eigenvalue weighted by Crippen LogP contribution is 2.31. The van der Waals surface area contributed by atoms with E-state index in [0.717, 1.165) is 5.56 Å². The Morgan fingerprint density at radius 1 is 1.53 bits per heavy atom. The minimum Gasteiger partial charge on any atom is -0.493 e. The van der Waals surface area contributed by atoms with Gasteiger partial charge in [0.2, 0.25) is 0 Å². The molecule has 1 saturated carbocycles. The number of esters is 1. The summed E-state index contributed by atoms with van der Waals surface area (Å²) in [5, 5.41) is 0. The van der Waals surface area contributed by atoms with E-state index in [1.54, 1.807) is 18.2 Å². The molecule has 0 aromatic heterocycles. The van der Waals surface area contributed by atoms with E-state index in [9.17, 15) is 4.79 Å². The second kappa shape index (κ2) is 5.04. The molecule has 0 bridgehead atoms. The second-order valence-electron chi connectivity index (χ2n) is 4.20. The van der Waals surface area contributed by atoms with Gasteiger partial charge in [-0.1, -0.05) is 18.7 Å². The molecule has 1 aliphatic carbocycles. The Morgan fingerprint density at radius 3 is 2.88 bits per heavy atom. The Hall–Kier alpha value is -1.77. The molecule has 0 saturated heterocycles. The van der Waals surface area contributed by atoms with Crippen LogP contribution in [0.15, 0.2) is 24.8 Å². The molecule has 1 fully saturated rings. The van der Waals surface area contributed by atoms with E-state index in [0.29, 0.717) is 23.8 Å². The summed E-state index contributed by atoms with van der Waals surface area (Å²) in [7, 11) is 1.37. The molecule has 0 N–H and O–H groups in total. The van der Waals surface area contributed by atoms with Gasteiger partial charge in [0.25, 0.3) is 0 Å². The Bertz CT molecular complexity index is 433. The largest absolute Gasteiger partial charge is 0.493 e. The van der Waals surface area contributed by atoms with E-state index in [-0.39, 0.29) is 5.97 Å². The highest BCUT2D eigenvalue weighted by molar-refractivity contribution is 5.90. The molecule has 0 aliphatic heterocycles. The first-order valence-corrected chi connectivity index (χ1v) is 5.72. The minimum atomic E-state index is -0.350. The number of carbonyl (C=O) groups excluding carboxylic acids is 1. The zero-order chi connectivity index (χ0) is 12.3. The van der Waals surface area contributed by atoms with Gasteiger partial charge in [-0.25, -0.2) is 4.79 Å². The van der Waals surface area contributed by atoms with Gasteiger partial charge in [-0.15, -0.1) is 0 Å².